The predicted molar refractivity (Wildman–Crippen MR) is 95.0 cm³/mol. The van der Waals surface area contributed by atoms with Crippen LogP contribution in [0.1, 0.15) is 90.9 Å². The summed E-state index contributed by atoms with van der Waals surface area (Å²) in [7, 11) is 4.62. The Morgan fingerprint density at radius 2 is 1.52 bits per heavy atom. The highest BCUT2D eigenvalue weighted by molar-refractivity contribution is 4.99. The Hall–Kier alpha value is -0.0800. The molecule has 1 fully saturated rings. The fourth-order valence-corrected chi connectivity index (χ4v) is 4.21. The molecule has 1 N–H and O–H groups in total. The molecule has 1 atom stereocenters. The first-order valence-electron chi connectivity index (χ1n) is 9.58. The summed E-state index contributed by atoms with van der Waals surface area (Å²) in [6, 6.07) is 0.678. The van der Waals surface area contributed by atoms with E-state index in [0.29, 0.717) is 11.6 Å². The van der Waals surface area contributed by atoms with Gasteiger partial charge in [-0.05, 0) is 39.9 Å². The lowest BCUT2D eigenvalue weighted by atomic mass is 9.79. The fourth-order valence-electron chi connectivity index (χ4n) is 4.21. The summed E-state index contributed by atoms with van der Waals surface area (Å²) in [5.41, 5.74) is 0.400. The summed E-state index contributed by atoms with van der Waals surface area (Å²) >= 11 is 0. The van der Waals surface area contributed by atoms with Crippen molar-refractivity contribution < 1.29 is 0 Å². The van der Waals surface area contributed by atoms with Crippen LogP contribution in [0.25, 0.3) is 0 Å². The van der Waals surface area contributed by atoms with Crippen molar-refractivity contribution in [2.75, 3.05) is 20.6 Å². The first-order chi connectivity index (χ1) is 10.2. The van der Waals surface area contributed by atoms with E-state index in [1.54, 1.807) is 0 Å². The van der Waals surface area contributed by atoms with E-state index in [9.17, 15) is 0 Å². The third-order valence-corrected chi connectivity index (χ3v) is 5.56. The van der Waals surface area contributed by atoms with Crippen LogP contribution in [-0.2, 0) is 0 Å². The van der Waals surface area contributed by atoms with Gasteiger partial charge < -0.3 is 10.2 Å². The summed E-state index contributed by atoms with van der Waals surface area (Å²) < 4.78 is 0. The van der Waals surface area contributed by atoms with Gasteiger partial charge >= 0.3 is 0 Å². The summed E-state index contributed by atoms with van der Waals surface area (Å²) in [5, 5.41) is 3.85. The van der Waals surface area contributed by atoms with Gasteiger partial charge in [-0.1, -0.05) is 71.6 Å². The number of likely N-dealkylation sites (N-methyl/N-ethyl adjacent to an activating group) is 2. The molecule has 0 aromatic carbocycles. The Morgan fingerprint density at radius 3 is 2.05 bits per heavy atom. The molecule has 1 saturated carbocycles. The number of nitrogens with one attached hydrogen (secondary N) is 1. The van der Waals surface area contributed by atoms with Gasteiger partial charge in [-0.2, -0.15) is 0 Å². The third kappa shape index (κ3) is 5.90. The molecule has 2 nitrogen and oxygen atoms in total. The number of rotatable bonds is 10. The van der Waals surface area contributed by atoms with Crippen molar-refractivity contribution in [2.45, 2.75) is 102 Å². The lowest BCUT2D eigenvalue weighted by Crippen LogP contribution is -2.58. The summed E-state index contributed by atoms with van der Waals surface area (Å²) in [6.07, 6.45) is 16.8. The molecule has 0 aromatic heterocycles. The largest absolute Gasteiger partial charge is 0.312 e. The normalized spacial score (nSPS) is 20.4. The van der Waals surface area contributed by atoms with Gasteiger partial charge in [0, 0.05) is 11.6 Å². The van der Waals surface area contributed by atoms with Crippen LogP contribution in [-0.4, -0.2) is 37.1 Å². The quantitative estimate of drug-likeness (QED) is 0.452. The number of nitrogens with zero attached hydrogens (tertiary/aromatic N) is 1. The Morgan fingerprint density at radius 1 is 0.905 bits per heavy atom. The van der Waals surface area contributed by atoms with Gasteiger partial charge in [0.2, 0.25) is 0 Å². The molecular weight excluding hydrogens is 256 g/mol. The third-order valence-electron chi connectivity index (χ3n) is 5.56. The second kappa shape index (κ2) is 10.6. The molecule has 0 aliphatic heterocycles. The first-order valence-corrected chi connectivity index (χ1v) is 9.58. The molecule has 0 amide bonds. The second-order valence-electron chi connectivity index (χ2n) is 7.23. The van der Waals surface area contributed by atoms with Crippen LogP contribution < -0.4 is 5.32 Å². The molecule has 0 saturated heterocycles. The van der Waals surface area contributed by atoms with Crippen LogP contribution in [0.5, 0.6) is 0 Å². The van der Waals surface area contributed by atoms with E-state index in [4.69, 9.17) is 0 Å². The zero-order chi connectivity index (χ0) is 15.6. The van der Waals surface area contributed by atoms with Gasteiger partial charge in [0.15, 0.2) is 0 Å². The molecule has 1 aliphatic carbocycles. The minimum absolute atomic E-state index is 0.400. The van der Waals surface area contributed by atoms with Gasteiger partial charge in [0.1, 0.15) is 0 Å². The molecule has 1 unspecified atom stereocenters. The highest BCUT2D eigenvalue weighted by Gasteiger charge is 2.39. The predicted octanol–water partition coefficient (Wildman–Crippen LogP) is 4.98. The summed E-state index contributed by atoms with van der Waals surface area (Å²) in [6.45, 7) is 5.67. The van der Waals surface area contributed by atoms with Crippen molar-refractivity contribution in [3.05, 3.63) is 0 Å². The molecule has 2 heteroatoms. The smallest absolute Gasteiger partial charge is 0.0356 e. The van der Waals surface area contributed by atoms with Gasteiger partial charge in [-0.25, -0.2) is 0 Å². The van der Waals surface area contributed by atoms with E-state index >= 15 is 0 Å². The van der Waals surface area contributed by atoms with Crippen LogP contribution in [0, 0.1) is 0 Å². The topological polar surface area (TPSA) is 15.3 Å². The van der Waals surface area contributed by atoms with Gasteiger partial charge in [0.25, 0.3) is 0 Å². The Balaban J connectivity index is 2.63. The van der Waals surface area contributed by atoms with E-state index in [0.717, 1.165) is 6.54 Å². The maximum Gasteiger partial charge on any atom is 0.0356 e. The van der Waals surface area contributed by atoms with E-state index < -0.39 is 0 Å². The Bertz CT molecular complexity index is 242. The van der Waals surface area contributed by atoms with Crippen molar-refractivity contribution in [3.63, 3.8) is 0 Å². The highest BCUT2D eigenvalue weighted by atomic mass is 15.2. The van der Waals surface area contributed by atoms with E-state index in [1.165, 1.54) is 77.0 Å². The first kappa shape index (κ1) is 19.0. The number of unbranched alkanes of at least 4 members (excludes halogenated alkanes) is 4. The highest BCUT2D eigenvalue weighted by Crippen LogP contribution is 2.36. The molecule has 0 spiro atoms. The van der Waals surface area contributed by atoms with Crippen molar-refractivity contribution >= 4 is 0 Å². The minimum atomic E-state index is 0.400. The van der Waals surface area contributed by atoms with Gasteiger partial charge in [-0.15, -0.1) is 0 Å². The minimum Gasteiger partial charge on any atom is -0.312 e. The second-order valence-corrected chi connectivity index (χ2v) is 7.23. The number of hydrogen-bond acceptors (Lipinski definition) is 2. The van der Waals surface area contributed by atoms with Gasteiger partial charge in [-0.3, -0.25) is 0 Å². The molecule has 21 heavy (non-hydrogen) atoms. The molecule has 0 heterocycles. The van der Waals surface area contributed by atoms with Crippen molar-refractivity contribution in [3.8, 4) is 0 Å². The molecule has 1 rings (SSSR count). The summed E-state index contributed by atoms with van der Waals surface area (Å²) in [4.78, 5) is 2.55. The van der Waals surface area contributed by atoms with E-state index in [-0.39, 0.29) is 0 Å². The van der Waals surface area contributed by atoms with E-state index in [1.807, 2.05) is 0 Å². The zero-order valence-corrected chi connectivity index (χ0v) is 15.2. The Labute approximate surface area is 134 Å². The van der Waals surface area contributed by atoms with Gasteiger partial charge in [0.05, 0.1) is 0 Å². The van der Waals surface area contributed by atoms with Crippen LogP contribution in [0.3, 0.4) is 0 Å². The monoisotopic (exact) mass is 296 g/mol. The molecule has 126 valence electrons. The Kier molecular flexibility index (Phi) is 9.59. The fraction of sp³-hybridized carbons (Fsp3) is 1.00. The lowest BCUT2D eigenvalue weighted by molar-refractivity contribution is 0.0757. The zero-order valence-electron chi connectivity index (χ0n) is 15.2. The molecule has 1 aliphatic rings. The average molecular weight is 297 g/mol. The van der Waals surface area contributed by atoms with Crippen LogP contribution >= 0.6 is 0 Å². The average Bonchev–Trinajstić information content (AvgIpc) is 2.72. The molecule has 0 bridgehead atoms. The molecule has 0 aromatic rings. The number of hydrogen-bond donors (Lipinski definition) is 1. The van der Waals surface area contributed by atoms with Crippen molar-refractivity contribution in [2.24, 2.45) is 0 Å². The SMILES string of the molecule is CCCCCCCC(NCC)C1(N(C)C)CCCCCC1. The van der Waals surface area contributed by atoms with E-state index in [2.05, 4.69) is 38.2 Å². The maximum atomic E-state index is 3.85. The molecule has 0 radical (unpaired) electrons. The molecular formula is C19H40N2. The van der Waals surface area contributed by atoms with Crippen LogP contribution in [0.15, 0.2) is 0 Å². The maximum absolute atomic E-state index is 3.85. The summed E-state index contributed by atoms with van der Waals surface area (Å²) in [5.74, 6) is 0. The van der Waals surface area contributed by atoms with Crippen molar-refractivity contribution in [1.29, 1.82) is 0 Å². The lowest BCUT2D eigenvalue weighted by Gasteiger charge is -2.46. The standard InChI is InChI=1S/C19H40N2/c1-5-7-8-9-12-15-18(20-6-2)19(21(3)4)16-13-10-11-14-17-19/h18,20H,5-17H2,1-4H3. The van der Waals surface area contributed by atoms with Crippen molar-refractivity contribution in [1.82, 2.24) is 10.2 Å². The van der Waals surface area contributed by atoms with Crippen LogP contribution in [0.2, 0.25) is 0 Å². The van der Waals surface area contributed by atoms with Crippen LogP contribution in [0.4, 0.5) is 0 Å².